The van der Waals surface area contributed by atoms with E-state index in [1.165, 1.54) is 0 Å². The molecule has 0 unspecified atom stereocenters. The van der Waals surface area contributed by atoms with Gasteiger partial charge in [-0.3, -0.25) is 9.59 Å². The number of hydrogen-bond donors (Lipinski definition) is 1. The standard InChI is InChI=1S/C25H34N2O2/c1-6-22(24(29)26-25(3,4)5)27(17-16-20-13-8-7-9-14-20)23(28)18-21-15-11-10-12-19(21)2/h7-15,22H,6,16-18H2,1-5H3,(H,26,29)/t22-/m0/s1. The number of rotatable bonds is 8. The first-order valence-electron chi connectivity index (χ1n) is 10.4. The summed E-state index contributed by atoms with van der Waals surface area (Å²) in [6.45, 7) is 10.4. The van der Waals surface area contributed by atoms with Gasteiger partial charge in [-0.05, 0) is 57.2 Å². The van der Waals surface area contributed by atoms with Crippen molar-refractivity contribution in [2.75, 3.05) is 6.54 Å². The van der Waals surface area contributed by atoms with Crippen LogP contribution >= 0.6 is 0 Å². The molecule has 0 spiro atoms. The maximum absolute atomic E-state index is 13.3. The smallest absolute Gasteiger partial charge is 0.243 e. The van der Waals surface area contributed by atoms with E-state index in [9.17, 15) is 9.59 Å². The molecule has 0 aliphatic heterocycles. The molecule has 156 valence electrons. The zero-order valence-corrected chi connectivity index (χ0v) is 18.4. The van der Waals surface area contributed by atoms with Crippen molar-refractivity contribution in [3.05, 3.63) is 71.3 Å². The Hall–Kier alpha value is -2.62. The van der Waals surface area contributed by atoms with Crippen LogP contribution in [0.3, 0.4) is 0 Å². The molecular weight excluding hydrogens is 360 g/mol. The maximum atomic E-state index is 13.3. The third-order valence-corrected chi connectivity index (χ3v) is 4.97. The molecule has 0 aliphatic carbocycles. The van der Waals surface area contributed by atoms with Crippen molar-refractivity contribution in [2.24, 2.45) is 0 Å². The van der Waals surface area contributed by atoms with E-state index in [2.05, 4.69) is 17.4 Å². The van der Waals surface area contributed by atoms with E-state index in [1.807, 2.05) is 77.1 Å². The largest absolute Gasteiger partial charge is 0.350 e. The normalized spacial score (nSPS) is 12.3. The molecule has 0 heterocycles. The van der Waals surface area contributed by atoms with Gasteiger partial charge in [0.2, 0.25) is 11.8 Å². The van der Waals surface area contributed by atoms with Crippen molar-refractivity contribution >= 4 is 11.8 Å². The minimum absolute atomic E-state index is 0.00820. The van der Waals surface area contributed by atoms with Gasteiger partial charge in [0.15, 0.2) is 0 Å². The zero-order chi connectivity index (χ0) is 21.4. The van der Waals surface area contributed by atoms with Gasteiger partial charge in [-0.15, -0.1) is 0 Å². The van der Waals surface area contributed by atoms with Crippen LogP contribution in [0.15, 0.2) is 54.6 Å². The van der Waals surface area contributed by atoms with Crippen LogP contribution in [0.5, 0.6) is 0 Å². The number of aryl methyl sites for hydroxylation is 1. The van der Waals surface area contributed by atoms with Gasteiger partial charge in [-0.1, -0.05) is 61.5 Å². The molecule has 0 fully saturated rings. The minimum Gasteiger partial charge on any atom is -0.350 e. The fraction of sp³-hybridized carbons (Fsp3) is 0.440. The molecule has 2 aromatic carbocycles. The molecule has 0 aliphatic rings. The summed E-state index contributed by atoms with van der Waals surface area (Å²) in [4.78, 5) is 28.0. The lowest BCUT2D eigenvalue weighted by Crippen LogP contribution is -2.54. The average molecular weight is 395 g/mol. The lowest BCUT2D eigenvalue weighted by atomic mass is 10.0. The van der Waals surface area contributed by atoms with Gasteiger partial charge in [-0.2, -0.15) is 0 Å². The first-order valence-corrected chi connectivity index (χ1v) is 10.4. The van der Waals surface area contributed by atoms with Crippen molar-refractivity contribution in [1.29, 1.82) is 0 Å². The highest BCUT2D eigenvalue weighted by Gasteiger charge is 2.30. The van der Waals surface area contributed by atoms with Crippen LogP contribution in [0.25, 0.3) is 0 Å². The van der Waals surface area contributed by atoms with Crippen LogP contribution in [0, 0.1) is 6.92 Å². The monoisotopic (exact) mass is 394 g/mol. The quantitative estimate of drug-likeness (QED) is 0.726. The highest BCUT2D eigenvalue weighted by Crippen LogP contribution is 2.15. The maximum Gasteiger partial charge on any atom is 0.243 e. The third kappa shape index (κ3) is 7.04. The number of hydrogen-bond acceptors (Lipinski definition) is 2. The van der Waals surface area contributed by atoms with E-state index in [-0.39, 0.29) is 17.4 Å². The van der Waals surface area contributed by atoms with Gasteiger partial charge < -0.3 is 10.2 Å². The minimum atomic E-state index is -0.477. The van der Waals surface area contributed by atoms with Gasteiger partial charge in [0.25, 0.3) is 0 Å². The van der Waals surface area contributed by atoms with Crippen molar-refractivity contribution < 1.29 is 9.59 Å². The summed E-state index contributed by atoms with van der Waals surface area (Å²) in [6, 6.07) is 17.5. The predicted octanol–water partition coefficient (Wildman–Crippen LogP) is 4.30. The molecule has 1 N–H and O–H groups in total. The summed E-state index contributed by atoms with van der Waals surface area (Å²) < 4.78 is 0. The molecule has 0 saturated heterocycles. The molecule has 0 bridgehead atoms. The summed E-state index contributed by atoms with van der Waals surface area (Å²) in [5, 5.41) is 3.05. The molecular formula is C25H34N2O2. The lowest BCUT2D eigenvalue weighted by Gasteiger charge is -2.33. The fourth-order valence-corrected chi connectivity index (χ4v) is 3.42. The predicted molar refractivity (Wildman–Crippen MR) is 119 cm³/mol. The van der Waals surface area contributed by atoms with Crippen LogP contribution in [0.1, 0.15) is 50.8 Å². The molecule has 2 amide bonds. The number of benzene rings is 2. The Morgan fingerprint density at radius 1 is 1.00 bits per heavy atom. The molecule has 29 heavy (non-hydrogen) atoms. The van der Waals surface area contributed by atoms with Gasteiger partial charge in [0.1, 0.15) is 6.04 Å². The number of carbonyl (C=O) groups is 2. The molecule has 0 saturated carbocycles. The topological polar surface area (TPSA) is 49.4 Å². The highest BCUT2D eigenvalue weighted by molar-refractivity contribution is 5.89. The Kier molecular flexibility index (Phi) is 8.00. The first-order chi connectivity index (χ1) is 13.7. The zero-order valence-electron chi connectivity index (χ0n) is 18.4. The van der Waals surface area contributed by atoms with E-state index in [4.69, 9.17) is 0 Å². The second-order valence-electron chi connectivity index (χ2n) is 8.59. The second-order valence-corrected chi connectivity index (χ2v) is 8.59. The average Bonchev–Trinajstić information content (AvgIpc) is 2.66. The molecule has 2 aromatic rings. The van der Waals surface area contributed by atoms with Crippen LogP contribution in [-0.2, 0) is 22.4 Å². The summed E-state index contributed by atoms with van der Waals surface area (Å²) in [5.74, 6) is -0.0997. The van der Waals surface area contributed by atoms with E-state index in [1.54, 1.807) is 4.90 Å². The van der Waals surface area contributed by atoms with Gasteiger partial charge >= 0.3 is 0 Å². The van der Waals surface area contributed by atoms with Crippen molar-refractivity contribution in [3.8, 4) is 0 Å². The van der Waals surface area contributed by atoms with Gasteiger partial charge in [-0.25, -0.2) is 0 Å². The molecule has 1 atom stereocenters. The van der Waals surface area contributed by atoms with Crippen LogP contribution in [0.2, 0.25) is 0 Å². The highest BCUT2D eigenvalue weighted by atomic mass is 16.2. The van der Waals surface area contributed by atoms with Crippen molar-refractivity contribution in [2.45, 2.75) is 65.5 Å². The van der Waals surface area contributed by atoms with Crippen molar-refractivity contribution in [1.82, 2.24) is 10.2 Å². The molecule has 0 radical (unpaired) electrons. The Balaban J connectivity index is 2.24. The number of nitrogens with one attached hydrogen (secondary N) is 1. The number of amides is 2. The van der Waals surface area contributed by atoms with Crippen LogP contribution in [-0.4, -0.2) is 34.8 Å². The number of nitrogens with zero attached hydrogens (tertiary/aromatic N) is 1. The molecule has 2 rings (SSSR count). The van der Waals surface area contributed by atoms with Crippen LogP contribution in [0.4, 0.5) is 0 Å². The van der Waals surface area contributed by atoms with E-state index >= 15 is 0 Å². The SMILES string of the molecule is CC[C@@H](C(=O)NC(C)(C)C)N(CCc1ccccc1)C(=O)Cc1ccccc1C. The second kappa shape index (κ2) is 10.2. The van der Waals surface area contributed by atoms with Gasteiger partial charge in [0.05, 0.1) is 6.42 Å². The molecule has 0 aromatic heterocycles. The Labute approximate surface area is 175 Å². The summed E-state index contributed by atoms with van der Waals surface area (Å²) in [7, 11) is 0. The molecule has 4 nitrogen and oxygen atoms in total. The lowest BCUT2D eigenvalue weighted by molar-refractivity contribution is -0.140. The summed E-state index contributed by atoms with van der Waals surface area (Å²) in [6.07, 6.45) is 1.61. The molecule has 4 heteroatoms. The Morgan fingerprint density at radius 3 is 2.21 bits per heavy atom. The third-order valence-electron chi connectivity index (χ3n) is 4.97. The Bertz CT molecular complexity index is 809. The van der Waals surface area contributed by atoms with Crippen molar-refractivity contribution in [3.63, 3.8) is 0 Å². The fourth-order valence-electron chi connectivity index (χ4n) is 3.42. The van der Waals surface area contributed by atoms with E-state index < -0.39 is 6.04 Å². The summed E-state index contributed by atoms with van der Waals surface area (Å²) in [5.41, 5.74) is 2.92. The van der Waals surface area contributed by atoms with Gasteiger partial charge in [0, 0.05) is 12.1 Å². The van der Waals surface area contributed by atoms with E-state index in [0.29, 0.717) is 19.4 Å². The first kappa shape index (κ1) is 22.7. The van der Waals surface area contributed by atoms with E-state index in [0.717, 1.165) is 23.1 Å². The van der Waals surface area contributed by atoms with Crippen LogP contribution < -0.4 is 5.32 Å². The number of carbonyl (C=O) groups excluding carboxylic acids is 2. The Morgan fingerprint density at radius 2 is 1.62 bits per heavy atom. The summed E-state index contributed by atoms with van der Waals surface area (Å²) >= 11 is 0.